The fourth-order valence-electron chi connectivity index (χ4n) is 0.645. The molecule has 1 N–H and O–H groups in total. The molecule has 1 atom stereocenters. The first-order chi connectivity index (χ1) is 7.12. The molecule has 0 aliphatic heterocycles. The highest BCUT2D eigenvalue weighted by Gasteiger charge is 2.49. The van der Waals surface area contributed by atoms with Crippen molar-refractivity contribution in [1.29, 1.82) is 0 Å². The van der Waals surface area contributed by atoms with Crippen molar-refractivity contribution >= 4 is 16.1 Å². The van der Waals surface area contributed by atoms with E-state index in [1.807, 2.05) is 0 Å². The minimum absolute atomic E-state index is 0.246. The number of methoxy groups -OCH3 is 1. The van der Waals surface area contributed by atoms with Gasteiger partial charge in [0, 0.05) is 20.1 Å². The maximum absolute atomic E-state index is 11.8. The second-order valence-electron chi connectivity index (χ2n) is 2.60. The Kier molecular flexibility index (Phi) is 5.16. The smallest absolute Gasteiger partial charge is 0.479 e. The topological polar surface area (TPSA) is 89.9 Å². The van der Waals surface area contributed by atoms with Crippen LogP contribution in [0.4, 0.5) is 13.2 Å². The van der Waals surface area contributed by atoms with Crippen molar-refractivity contribution in [3.63, 3.8) is 0 Å². The molecule has 0 rings (SSSR count). The summed E-state index contributed by atoms with van der Waals surface area (Å²) in [5.41, 5.74) is -5.65. The predicted molar refractivity (Wildman–Crippen MR) is 44.0 cm³/mol. The number of halogens is 3. The highest BCUT2D eigenvalue weighted by molar-refractivity contribution is 7.87. The van der Waals surface area contributed by atoms with E-state index >= 15 is 0 Å². The van der Waals surface area contributed by atoms with Crippen molar-refractivity contribution in [2.75, 3.05) is 13.7 Å². The van der Waals surface area contributed by atoms with E-state index in [0.29, 0.717) is 0 Å². The zero-order valence-electron chi connectivity index (χ0n) is 8.02. The molecule has 0 fully saturated rings. The average molecular weight is 266 g/mol. The Morgan fingerprint density at radius 1 is 1.44 bits per heavy atom. The molecule has 0 spiro atoms. The maximum Gasteiger partial charge on any atom is 0.523 e. The number of hydrogen-bond donors (Lipinski definition) is 1. The normalized spacial score (nSPS) is 14.8. The molecule has 0 saturated carbocycles. The van der Waals surface area contributed by atoms with E-state index < -0.39 is 34.1 Å². The van der Waals surface area contributed by atoms with Crippen LogP contribution in [0.15, 0.2) is 0 Å². The summed E-state index contributed by atoms with van der Waals surface area (Å²) < 4.78 is 64.4. The molecule has 96 valence electrons. The molecule has 0 saturated heterocycles. The van der Waals surface area contributed by atoms with Gasteiger partial charge in [0.1, 0.15) is 0 Å². The molecule has 0 amide bonds. The van der Waals surface area contributed by atoms with Crippen LogP contribution >= 0.6 is 0 Å². The van der Waals surface area contributed by atoms with Gasteiger partial charge in [0.25, 0.3) is 0 Å². The number of carboxylic acid groups (broad SMARTS) is 1. The molecule has 6 nitrogen and oxygen atoms in total. The van der Waals surface area contributed by atoms with Crippen molar-refractivity contribution in [3.8, 4) is 0 Å². The first-order valence-electron chi connectivity index (χ1n) is 3.83. The third kappa shape index (κ3) is 4.33. The van der Waals surface area contributed by atoms with Crippen LogP contribution in [0, 0.1) is 0 Å². The molecule has 0 heterocycles. The van der Waals surface area contributed by atoms with Gasteiger partial charge in [0.15, 0.2) is 6.10 Å². The van der Waals surface area contributed by atoms with Gasteiger partial charge in [-0.1, -0.05) is 0 Å². The summed E-state index contributed by atoms with van der Waals surface area (Å²) >= 11 is 0. The third-order valence-electron chi connectivity index (χ3n) is 1.39. The summed E-state index contributed by atoms with van der Waals surface area (Å²) in [5, 5.41) is 8.42. The molecular formula is C6H9F3O6S. The largest absolute Gasteiger partial charge is 0.523 e. The van der Waals surface area contributed by atoms with E-state index in [1.165, 1.54) is 7.11 Å². The standard InChI is InChI=1S/C6H9F3O6S/c1-14-3-2-4(5(10)11)15-16(12,13)6(7,8)9/h4H,2-3H2,1H3,(H,10,11). The number of carbonyl (C=O) groups is 1. The van der Waals surface area contributed by atoms with Crippen molar-refractivity contribution < 1.29 is 40.4 Å². The quantitative estimate of drug-likeness (QED) is 0.551. The highest BCUT2D eigenvalue weighted by Crippen LogP contribution is 2.26. The molecular weight excluding hydrogens is 257 g/mol. The van der Waals surface area contributed by atoms with E-state index in [2.05, 4.69) is 8.92 Å². The van der Waals surface area contributed by atoms with Crippen LogP contribution in [0.2, 0.25) is 0 Å². The van der Waals surface area contributed by atoms with Crippen molar-refractivity contribution in [2.24, 2.45) is 0 Å². The second-order valence-corrected chi connectivity index (χ2v) is 4.17. The summed E-state index contributed by atoms with van der Waals surface area (Å²) in [5.74, 6) is -1.81. The predicted octanol–water partition coefficient (Wildman–Crippen LogP) is 0.342. The summed E-state index contributed by atoms with van der Waals surface area (Å²) in [7, 11) is -4.73. The second kappa shape index (κ2) is 5.46. The van der Waals surface area contributed by atoms with Crippen LogP contribution in [-0.4, -0.2) is 44.8 Å². The number of carboxylic acids is 1. The zero-order chi connectivity index (χ0) is 13.0. The fraction of sp³-hybridized carbons (Fsp3) is 0.833. The molecule has 0 aromatic heterocycles. The Labute approximate surface area is 89.1 Å². The van der Waals surface area contributed by atoms with E-state index in [4.69, 9.17) is 5.11 Å². The Morgan fingerprint density at radius 3 is 2.25 bits per heavy atom. The summed E-state index contributed by atoms with van der Waals surface area (Å²) in [6, 6.07) is 0. The van der Waals surface area contributed by atoms with Crippen LogP contribution in [0.5, 0.6) is 0 Å². The van der Waals surface area contributed by atoms with Gasteiger partial charge in [-0.3, -0.25) is 0 Å². The minimum atomic E-state index is -5.91. The summed E-state index contributed by atoms with van der Waals surface area (Å²) in [6.45, 7) is -0.246. The van der Waals surface area contributed by atoms with Crippen molar-refractivity contribution in [1.82, 2.24) is 0 Å². The molecule has 1 unspecified atom stereocenters. The molecule has 0 radical (unpaired) electrons. The van der Waals surface area contributed by atoms with Gasteiger partial charge in [-0.25, -0.2) is 8.98 Å². The molecule has 0 aromatic carbocycles. The van der Waals surface area contributed by atoms with E-state index in [0.717, 1.165) is 0 Å². The highest BCUT2D eigenvalue weighted by atomic mass is 32.2. The van der Waals surface area contributed by atoms with Crippen molar-refractivity contribution in [2.45, 2.75) is 18.0 Å². The maximum atomic E-state index is 11.8. The monoisotopic (exact) mass is 266 g/mol. The van der Waals surface area contributed by atoms with Crippen LogP contribution in [0.3, 0.4) is 0 Å². The molecule has 16 heavy (non-hydrogen) atoms. The van der Waals surface area contributed by atoms with Crippen LogP contribution in [0.25, 0.3) is 0 Å². The molecule has 0 aromatic rings. The lowest BCUT2D eigenvalue weighted by molar-refractivity contribution is -0.146. The van der Waals surface area contributed by atoms with Crippen molar-refractivity contribution in [3.05, 3.63) is 0 Å². The number of alkyl halides is 3. The molecule has 0 aliphatic rings. The number of hydrogen-bond acceptors (Lipinski definition) is 5. The number of ether oxygens (including phenoxy) is 1. The first kappa shape index (κ1) is 15.1. The van der Waals surface area contributed by atoms with Crippen LogP contribution in [-0.2, 0) is 23.8 Å². The average Bonchev–Trinajstić information content (AvgIpc) is 2.09. The van der Waals surface area contributed by atoms with Gasteiger partial charge in [0.2, 0.25) is 0 Å². The SMILES string of the molecule is COCCC(OS(=O)(=O)C(F)(F)F)C(=O)O. The van der Waals surface area contributed by atoms with Gasteiger partial charge < -0.3 is 9.84 Å². The Balaban J connectivity index is 4.71. The van der Waals surface area contributed by atoms with Gasteiger partial charge in [-0.15, -0.1) is 0 Å². The zero-order valence-corrected chi connectivity index (χ0v) is 8.84. The number of aliphatic carboxylic acids is 1. The van der Waals surface area contributed by atoms with Crippen LogP contribution in [0.1, 0.15) is 6.42 Å². The number of rotatable bonds is 6. The van der Waals surface area contributed by atoms with Gasteiger partial charge in [0.05, 0.1) is 0 Å². The third-order valence-corrected chi connectivity index (χ3v) is 2.44. The van der Waals surface area contributed by atoms with E-state index in [-0.39, 0.29) is 6.61 Å². The first-order valence-corrected chi connectivity index (χ1v) is 5.24. The Bertz CT molecular complexity index is 335. The van der Waals surface area contributed by atoms with Gasteiger partial charge in [-0.05, 0) is 0 Å². The lowest BCUT2D eigenvalue weighted by atomic mass is 10.3. The Morgan fingerprint density at radius 2 is 1.94 bits per heavy atom. The fourth-order valence-corrected chi connectivity index (χ4v) is 1.24. The molecule has 10 heteroatoms. The van der Waals surface area contributed by atoms with Gasteiger partial charge in [-0.2, -0.15) is 21.6 Å². The van der Waals surface area contributed by atoms with Crippen LogP contribution < -0.4 is 0 Å². The van der Waals surface area contributed by atoms with E-state index in [1.54, 1.807) is 0 Å². The van der Waals surface area contributed by atoms with E-state index in [9.17, 15) is 26.4 Å². The molecule has 0 bridgehead atoms. The minimum Gasteiger partial charge on any atom is -0.479 e. The lowest BCUT2D eigenvalue weighted by Crippen LogP contribution is -2.34. The Hall–Kier alpha value is -0.870. The summed E-state index contributed by atoms with van der Waals surface area (Å²) in [6.07, 6.45) is -2.63. The lowest BCUT2D eigenvalue weighted by Gasteiger charge is -2.14. The van der Waals surface area contributed by atoms with Gasteiger partial charge >= 0.3 is 21.6 Å². The molecule has 0 aliphatic carbocycles. The summed E-state index contributed by atoms with van der Waals surface area (Å²) in [4.78, 5) is 10.4.